The van der Waals surface area contributed by atoms with E-state index in [4.69, 9.17) is 10.7 Å². The Morgan fingerprint density at radius 3 is 2.79 bits per heavy atom. The second kappa shape index (κ2) is 8.99. The van der Waals surface area contributed by atoms with Gasteiger partial charge in [0.05, 0.1) is 22.6 Å². The van der Waals surface area contributed by atoms with Gasteiger partial charge >= 0.3 is 0 Å². The molecule has 2 aromatic rings. The lowest BCUT2D eigenvalue weighted by atomic mass is 9.90. The van der Waals surface area contributed by atoms with E-state index in [1.807, 2.05) is 6.08 Å². The van der Waals surface area contributed by atoms with Crippen molar-refractivity contribution in [2.24, 2.45) is 10.9 Å². The number of nitrogen functional groups attached to an aromatic ring is 1. The number of allylic oxidation sites excluding steroid dienone is 5. The molecule has 1 saturated heterocycles. The first-order valence-electron chi connectivity index (χ1n) is 11.0. The van der Waals surface area contributed by atoms with Crippen molar-refractivity contribution >= 4 is 49.2 Å². The van der Waals surface area contributed by atoms with Gasteiger partial charge in [0.1, 0.15) is 11.6 Å². The summed E-state index contributed by atoms with van der Waals surface area (Å²) in [5.74, 6) is 0.149. The molecule has 5 rings (SSSR count). The largest absolute Gasteiger partial charge is 0.383 e. The van der Waals surface area contributed by atoms with E-state index in [2.05, 4.69) is 31.3 Å². The average Bonchev–Trinajstić information content (AvgIpc) is 3.23. The van der Waals surface area contributed by atoms with Crippen LogP contribution in [0.2, 0.25) is 0 Å². The molecule has 1 atom stereocenters. The predicted octanol–water partition coefficient (Wildman–Crippen LogP) is 2.81. The van der Waals surface area contributed by atoms with Crippen LogP contribution in [0.4, 0.5) is 10.2 Å². The number of piperidine rings is 1. The van der Waals surface area contributed by atoms with Crippen molar-refractivity contribution < 1.29 is 12.8 Å². The molecule has 0 spiro atoms. The Kier molecular flexibility index (Phi) is 6.17. The van der Waals surface area contributed by atoms with E-state index in [1.165, 1.54) is 16.6 Å². The molecular weight excluding hydrogens is 525 g/mol. The summed E-state index contributed by atoms with van der Waals surface area (Å²) in [5, 5.41) is 7.89. The maximum Gasteiger partial charge on any atom is 0.211 e. The van der Waals surface area contributed by atoms with E-state index < -0.39 is 10.0 Å². The number of nitrogens with two attached hydrogens (primary N) is 1. The highest BCUT2D eigenvalue weighted by molar-refractivity contribution is 9.10. The minimum Gasteiger partial charge on any atom is -0.383 e. The molecule has 34 heavy (non-hydrogen) atoms. The quantitative estimate of drug-likeness (QED) is 0.592. The highest BCUT2D eigenvalue weighted by Crippen LogP contribution is 2.35. The van der Waals surface area contributed by atoms with Crippen LogP contribution < -0.4 is 11.1 Å². The molecular formula is C22H25BrFN7O2S. The number of hydrogen-bond donors (Lipinski definition) is 2. The van der Waals surface area contributed by atoms with E-state index in [1.54, 1.807) is 23.0 Å². The van der Waals surface area contributed by atoms with Gasteiger partial charge < -0.3 is 11.1 Å². The second-order valence-electron chi connectivity index (χ2n) is 8.76. The monoisotopic (exact) mass is 549 g/mol. The fraction of sp³-hybridized carbons (Fsp3) is 0.409. The molecule has 1 unspecified atom stereocenters. The maximum atomic E-state index is 13.8. The lowest BCUT2D eigenvalue weighted by Gasteiger charge is -2.30. The first kappa shape index (κ1) is 23.3. The highest BCUT2D eigenvalue weighted by Gasteiger charge is 2.26. The molecule has 3 N–H and O–H groups in total. The minimum atomic E-state index is -3.16. The third-order valence-corrected chi connectivity index (χ3v) is 8.61. The number of anilines is 1. The molecule has 180 valence electrons. The molecule has 3 aliphatic rings. The smallest absolute Gasteiger partial charge is 0.211 e. The summed E-state index contributed by atoms with van der Waals surface area (Å²) in [4.78, 5) is 9.34. The Morgan fingerprint density at radius 2 is 2.06 bits per heavy atom. The number of nitrogens with one attached hydrogen (secondary N) is 1. The third-order valence-electron chi connectivity index (χ3n) is 6.45. The van der Waals surface area contributed by atoms with Gasteiger partial charge in [-0.1, -0.05) is 6.08 Å². The van der Waals surface area contributed by atoms with E-state index in [0.29, 0.717) is 42.0 Å². The van der Waals surface area contributed by atoms with Crippen molar-refractivity contribution in [2.75, 3.05) is 25.1 Å². The standard InChI is InChI=1S/C22H25BrFN7O2S/c1-34(32,33)30-6-4-16(5-7-30)26-12-19-20(23)21(25)31-22(29-19)17(11-28-31)14-8-13-9-15(24)2-3-18(13)27-10-14/h2-3,8,10-11,13,16,26H,4-7,9,12,25H2,1H3. The summed E-state index contributed by atoms with van der Waals surface area (Å²) in [6, 6.07) is 0.182. The summed E-state index contributed by atoms with van der Waals surface area (Å²) in [5.41, 5.74) is 10.1. The van der Waals surface area contributed by atoms with Gasteiger partial charge in [0.2, 0.25) is 10.0 Å². The molecule has 0 aromatic carbocycles. The van der Waals surface area contributed by atoms with Gasteiger partial charge in [0.25, 0.3) is 0 Å². The van der Waals surface area contributed by atoms with E-state index in [0.717, 1.165) is 35.4 Å². The van der Waals surface area contributed by atoms with Gasteiger partial charge in [-0.2, -0.15) is 9.61 Å². The average molecular weight is 550 g/mol. The van der Waals surface area contributed by atoms with Crippen LogP contribution in [0.5, 0.6) is 0 Å². The van der Waals surface area contributed by atoms with Crippen molar-refractivity contribution in [3.8, 4) is 0 Å². The topological polar surface area (TPSA) is 118 Å². The number of aliphatic imine (C=N–C) groups is 1. The van der Waals surface area contributed by atoms with Gasteiger partial charge in [-0.15, -0.1) is 0 Å². The molecule has 2 aliphatic heterocycles. The number of halogens is 2. The van der Waals surface area contributed by atoms with Crippen molar-refractivity contribution in [3.05, 3.63) is 51.7 Å². The molecule has 9 nitrogen and oxygen atoms in total. The molecule has 12 heteroatoms. The van der Waals surface area contributed by atoms with Gasteiger partial charge in [-0.3, -0.25) is 4.99 Å². The molecule has 2 aromatic heterocycles. The first-order chi connectivity index (χ1) is 16.2. The summed E-state index contributed by atoms with van der Waals surface area (Å²) in [7, 11) is -3.16. The van der Waals surface area contributed by atoms with Gasteiger partial charge in [-0.25, -0.2) is 22.1 Å². The number of rotatable bonds is 5. The Labute approximate surface area is 205 Å². The summed E-state index contributed by atoms with van der Waals surface area (Å²) in [6.07, 6.45) is 11.6. The van der Waals surface area contributed by atoms with Crippen LogP contribution >= 0.6 is 15.9 Å². The molecule has 1 fully saturated rings. The van der Waals surface area contributed by atoms with Gasteiger partial charge in [-0.05, 0) is 40.9 Å². The zero-order chi connectivity index (χ0) is 24.0. The number of nitrogens with zero attached hydrogens (tertiary/aromatic N) is 5. The Hall–Kier alpha value is -2.41. The summed E-state index contributed by atoms with van der Waals surface area (Å²) < 4.78 is 41.0. The SMILES string of the molecule is CS(=O)(=O)N1CCC(NCc2nc3c(C4=CC5CC(F)=CC=C5N=C4)cnn3c(N)c2Br)CC1. The minimum absolute atomic E-state index is 0.119. The summed E-state index contributed by atoms with van der Waals surface area (Å²) in [6.45, 7) is 1.47. The zero-order valence-electron chi connectivity index (χ0n) is 18.6. The highest BCUT2D eigenvalue weighted by atomic mass is 79.9. The molecule has 0 bridgehead atoms. The lowest BCUT2D eigenvalue weighted by molar-refractivity contribution is 0.289. The molecule has 0 amide bonds. The van der Waals surface area contributed by atoms with Crippen molar-refractivity contribution in [2.45, 2.75) is 31.8 Å². The predicted molar refractivity (Wildman–Crippen MR) is 133 cm³/mol. The van der Waals surface area contributed by atoms with Crippen LogP contribution in [0.15, 0.2) is 45.4 Å². The van der Waals surface area contributed by atoms with Crippen LogP contribution in [0.1, 0.15) is 30.5 Å². The molecule has 4 heterocycles. The third kappa shape index (κ3) is 4.47. The number of dihydropyridines is 1. The van der Waals surface area contributed by atoms with E-state index in [-0.39, 0.29) is 17.8 Å². The summed E-state index contributed by atoms with van der Waals surface area (Å²) >= 11 is 3.55. The van der Waals surface area contributed by atoms with Crippen molar-refractivity contribution in [3.63, 3.8) is 0 Å². The van der Waals surface area contributed by atoms with Crippen LogP contribution in [0.3, 0.4) is 0 Å². The van der Waals surface area contributed by atoms with Gasteiger partial charge in [0, 0.05) is 61.1 Å². The van der Waals surface area contributed by atoms with Crippen LogP contribution in [-0.4, -0.2) is 58.9 Å². The molecule has 1 aliphatic carbocycles. The normalized spacial score (nSPS) is 21.9. The fourth-order valence-electron chi connectivity index (χ4n) is 4.53. The van der Waals surface area contributed by atoms with E-state index in [9.17, 15) is 12.8 Å². The number of hydrogen-bond acceptors (Lipinski definition) is 7. The second-order valence-corrected chi connectivity index (χ2v) is 11.5. The van der Waals surface area contributed by atoms with Gasteiger partial charge in [0.15, 0.2) is 5.65 Å². The van der Waals surface area contributed by atoms with Crippen LogP contribution in [0.25, 0.3) is 11.2 Å². The zero-order valence-corrected chi connectivity index (χ0v) is 21.0. The maximum absolute atomic E-state index is 13.8. The Balaban J connectivity index is 1.37. The van der Waals surface area contributed by atoms with Crippen molar-refractivity contribution in [1.82, 2.24) is 24.2 Å². The van der Waals surface area contributed by atoms with E-state index >= 15 is 0 Å². The first-order valence-corrected chi connectivity index (χ1v) is 13.7. The molecule has 0 saturated carbocycles. The van der Waals surface area contributed by atoms with Crippen molar-refractivity contribution in [1.29, 1.82) is 0 Å². The lowest BCUT2D eigenvalue weighted by Crippen LogP contribution is -2.44. The molecule has 0 radical (unpaired) electrons. The Morgan fingerprint density at radius 1 is 1.29 bits per heavy atom. The van der Waals surface area contributed by atoms with Crippen LogP contribution in [-0.2, 0) is 16.6 Å². The number of sulfonamides is 1. The van der Waals surface area contributed by atoms with Crippen LogP contribution in [0, 0.1) is 5.92 Å². The fourth-order valence-corrected chi connectivity index (χ4v) is 5.80. The number of aromatic nitrogens is 3. The Bertz CT molecular complexity index is 1370. The number of fused-ring (bicyclic) bond motifs is 2.